The van der Waals surface area contributed by atoms with Crippen LogP contribution in [0.2, 0.25) is 0 Å². The summed E-state index contributed by atoms with van der Waals surface area (Å²) >= 11 is 0. The van der Waals surface area contributed by atoms with Crippen molar-refractivity contribution in [2.75, 3.05) is 51.7 Å². The molecule has 7 heteroatoms. The van der Waals surface area contributed by atoms with Crippen LogP contribution in [0, 0.1) is 0 Å². The van der Waals surface area contributed by atoms with Crippen molar-refractivity contribution in [2.24, 2.45) is 0 Å². The average molecular weight is 411 g/mol. The van der Waals surface area contributed by atoms with Crippen molar-refractivity contribution in [3.05, 3.63) is 59.7 Å². The molecule has 1 aliphatic heterocycles. The Bertz CT molecular complexity index is 829. The minimum absolute atomic E-state index is 0.0392. The van der Waals surface area contributed by atoms with E-state index in [1.807, 2.05) is 19.1 Å². The van der Waals surface area contributed by atoms with Gasteiger partial charge in [0, 0.05) is 51.0 Å². The second-order valence-electron chi connectivity index (χ2n) is 7.33. The number of rotatable bonds is 8. The number of nitrogens with zero attached hydrogens (tertiary/aromatic N) is 2. The number of ether oxygens (including phenoxy) is 1. The van der Waals surface area contributed by atoms with Gasteiger partial charge in [-0.2, -0.15) is 0 Å². The Kier molecular flexibility index (Phi) is 7.82. The Hall–Kier alpha value is -2.90. The summed E-state index contributed by atoms with van der Waals surface area (Å²) in [5.41, 5.74) is 2.53. The van der Waals surface area contributed by atoms with E-state index in [2.05, 4.69) is 32.6 Å². The van der Waals surface area contributed by atoms with Gasteiger partial charge in [-0.05, 0) is 48.9 Å². The topological polar surface area (TPSA) is 73.9 Å². The van der Waals surface area contributed by atoms with Gasteiger partial charge in [0.05, 0.1) is 13.2 Å². The van der Waals surface area contributed by atoms with Crippen LogP contribution in [0.3, 0.4) is 0 Å². The third kappa shape index (κ3) is 6.30. The quantitative estimate of drug-likeness (QED) is 0.698. The van der Waals surface area contributed by atoms with Crippen LogP contribution >= 0.6 is 0 Å². The number of piperazine rings is 1. The zero-order valence-corrected chi connectivity index (χ0v) is 17.7. The normalized spacial score (nSPS) is 14.9. The van der Waals surface area contributed by atoms with E-state index < -0.39 is 0 Å². The molecule has 0 bridgehead atoms. The summed E-state index contributed by atoms with van der Waals surface area (Å²) in [4.78, 5) is 28.5. The van der Waals surface area contributed by atoms with Gasteiger partial charge in [0.15, 0.2) is 0 Å². The molecule has 2 N–H and O–H groups in total. The number of carbonyl (C=O) groups is 2. The molecule has 1 fully saturated rings. The maximum Gasteiger partial charge on any atom is 0.251 e. The standard InChI is InChI=1S/C23H30N4O3/c1-3-30-21-10-4-18(5-11-21)16-26-12-14-27(15-13-26)17-22(28)25-20-8-6-19(7-9-20)23(29)24-2/h4-11H,3,12-17H2,1-2H3,(H,24,29)(H,25,28). The van der Waals surface area contributed by atoms with Crippen molar-refractivity contribution >= 4 is 17.5 Å². The fourth-order valence-corrected chi connectivity index (χ4v) is 3.47. The Balaban J connectivity index is 1.40. The largest absolute Gasteiger partial charge is 0.494 e. The molecule has 0 unspecified atom stereocenters. The number of amides is 2. The van der Waals surface area contributed by atoms with E-state index in [0.717, 1.165) is 38.5 Å². The predicted octanol–water partition coefficient (Wildman–Crippen LogP) is 2.20. The molecule has 7 nitrogen and oxygen atoms in total. The van der Waals surface area contributed by atoms with E-state index >= 15 is 0 Å². The van der Waals surface area contributed by atoms with Gasteiger partial charge in [-0.3, -0.25) is 19.4 Å². The number of hydrogen-bond acceptors (Lipinski definition) is 5. The third-order valence-electron chi connectivity index (χ3n) is 5.13. The van der Waals surface area contributed by atoms with Gasteiger partial charge in [0.1, 0.15) is 5.75 Å². The first-order valence-corrected chi connectivity index (χ1v) is 10.4. The van der Waals surface area contributed by atoms with Crippen molar-refractivity contribution in [2.45, 2.75) is 13.5 Å². The monoisotopic (exact) mass is 410 g/mol. The molecule has 160 valence electrons. The highest BCUT2D eigenvalue weighted by atomic mass is 16.5. The summed E-state index contributed by atoms with van der Waals surface area (Å²) in [6.07, 6.45) is 0. The number of anilines is 1. The highest BCUT2D eigenvalue weighted by Crippen LogP contribution is 2.15. The van der Waals surface area contributed by atoms with Crippen LogP contribution in [0.4, 0.5) is 5.69 Å². The van der Waals surface area contributed by atoms with E-state index in [1.165, 1.54) is 5.56 Å². The zero-order chi connectivity index (χ0) is 21.3. The Morgan fingerprint density at radius 2 is 1.57 bits per heavy atom. The smallest absolute Gasteiger partial charge is 0.251 e. The summed E-state index contributed by atoms with van der Waals surface area (Å²) < 4.78 is 5.49. The molecule has 1 saturated heterocycles. The second kappa shape index (κ2) is 10.8. The molecule has 2 aromatic rings. The lowest BCUT2D eigenvalue weighted by molar-refractivity contribution is -0.117. The second-order valence-corrected chi connectivity index (χ2v) is 7.33. The molecule has 2 aromatic carbocycles. The Morgan fingerprint density at radius 3 is 2.17 bits per heavy atom. The number of hydrogen-bond donors (Lipinski definition) is 2. The predicted molar refractivity (Wildman–Crippen MR) is 118 cm³/mol. The van der Waals surface area contributed by atoms with Crippen LogP contribution in [-0.4, -0.2) is 68.0 Å². The minimum Gasteiger partial charge on any atom is -0.494 e. The number of nitrogens with one attached hydrogen (secondary N) is 2. The van der Waals surface area contributed by atoms with E-state index in [4.69, 9.17) is 4.74 Å². The lowest BCUT2D eigenvalue weighted by Gasteiger charge is -2.34. The first-order chi connectivity index (χ1) is 14.6. The Morgan fingerprint density at radius 1 is 0.933 bits per heavy atom. The first-order valence-electron chi connectivity index (χ1n) is 10.4. The number of benzene rings is 2. The lowest BCUT2D eigenvalue weighted by Crippen LogP contribution is -2.48. The van der Waals surface area contributed by atoms with Crippen molar-refractivity contribution in [3.63, 3.8) is 0 Å². The molecule has 0 saturated carbocycles. The molecule has 0 aliphatic carbocycles. The summed E-state index contributed by atoms with van der Waals surface area (Å²) in [5, 5.41) is 5.48. The molecule has 0 atom stereocenters. The van der Waals surface area contributed by atoms with Gasteiger partial charge in [-0.25, -0.2) is 0 Å². The molecule has 30 heavy (non-hydrogen) atoms. The lowest BCUT2D eigenvalue weighted by atomic mass is 10.2. The van der Waals surface area contributed by atoms with Crippen molar-refractivity contribution < 1.29 is 14.3 Å². The van der Waals surface area contributed by atoms with Crippen LogP contribution in [0.15, 0.2) is 48.5 Å². The molecule has 1 heterocycles. The van der Waals surface area contributed by atoms with Crippen LogP contribution < -0.4 is 15.4 Å². The van der Waals surface area contributed by atoms with Gasteiger partial charge in [-0.1, -0.05) is 12.1 Å². The third-order valence-corrected chi connectivity index (χ3v) is 5.13. The van der Waals surface area contributed by atoms with Crippen LogP contribution in [0.25, 0.3) is 0 Å². The van der Waals surface area contributed by atoms with E-state index in [0.29, 0.717) is 24.4 Å². The fraction of sp³-hybridized carbons (Fsp3) is 0.391. The van der Waals surface area contributed by atoms with Crippen molar-refractivity contribution in [1.29, 1.82) is 0 Å². The van der Waals surface area contributed by atoms with Crippen molar-refractivity contribution in [3.8, 4) is 5.75 Å². The van der Waals surface area contributed by atoms with Gasteiger partial charge in [0.25, 0.3) is 5.91 Å². The summed E-state index contributed by atoms with van der Waals surface area (Å²) in [5.74, 6) is 0.721. The molecule has 0 radical (unpaired) electrons. The van der Waals surface area contributed by atoms with Crippen molar-refractivity contribution in [1.82, 2.24) is 15.1 Å². The van der Waals surface area contributed by atoms with Gasteiger partial charge >= 0.3 is 0 Å². The van der Waals surface area contributed by atoms with E-state index in [1.54, 1.807) is 31.3 Å². The van der Waals surface area contributed by atoms with E-state index in [9.17, 15) is 9.59 Å². The maximum atomic E-state index is 12.4. The highest BCUT2D eigenvalue weighted by Gasteiger charge is 2.19. The van der Waals surface area contributed by atoms with E-state index in [-0.39, 0.29) is 11.8 Å². The number of carbonyl (C=O) groups excluding carboxylic acids is 2. The van der Waals surface area contributed by atoms with Crippen LogP contribution in [0.1, 0.15) is 22.8 Å². The molecular weight excluding hydrogens is 380 g/mol. The molecule has 3 rings (SSSR count). The SMILES string of the molecule is CCOc1ccc(CN2CCN(CC(=O)Nc3ccc(C(=O)NC)cc3)CC2)cc1. The maximum absolute atomic E-state index is 12.4. The highest BCUT2D eigenvalue weighted by molar-refractivity contribution is 5.96. The molecule has 0 spiro atoms. The summed E-state index contributed by atoms with van der Waals surface area (Å²) in [7, 11) is 1.59. The molecule has 0 aromatic heterocycles. The Labute approximate surface area is 178 Å². The zero-order valence-electron chi connectivity index (χ0n) is 17.7. The van der Waals surface area contributed by atoms with Gasteiger partial charge in [0.2, 0.25) is 5.91 Å². The summed E-state index contributed by atoms with van der Waals surface area (Å²) in [6, 6.07) is 15.2. The molecular formula is C23H30N4O3. The van der Waals surface area contributed by atoms with Gasteiger partial charge in [-0.15, -0.1) is 0 Å². The van der Waals surface area contributed by atoms with Gasteiger partial charge < -0.3 is 15.4 Å². The molecule has 2 amide bonds. The van der Waals surface area contributed by atoms with Crippen LogP contribution in [0.5, 0.6) is 5.75 Å². The molecule has 1 aliphatic rings. The summed E-state index contributed by atoms with van der Waals surface area (Å²) in [6.45, 7) is 7.52. The van der Waals surface area contributed by atoms with Crippen LogP contribution in [-0.2, 0) is 11.3 Å². The fourth-order valence-electron chi connectivity index (χ4n) is 3.47. The average Bonchev–Trinajstić information content (AvgIpc) is 2.76. The first kappa shape index (κ1) is 21.8. The minimum atomic E-state index is -0.143.